The molecule has 0 fully saturated rings. The highest BCUT2D eigenvalue weighted by atomic mass is 16.1. The van der Waals surface area contributed by atoms with Crippen LogP contribution < -0.4 is 0 Å². The van der Waals surface area contributed by atoms with Crippen molar-refractivity contribution in [3.05, 3.63) is 35.9 Å². The van der Waals surface area contributed by atoms with Crippen LogP contribution in [0.3, 0.4) is 0 Å². The third-order valence-electron chi connectivity index (χ3n) is 2.58. The lowest BCUT2D eigenvalue weighted by Gasteiger charge is -2.29. The number of carbonyl (C=O) groups is 1. The fourth-order valence-electron chi connectivity index (χ4n) is 1.77. The molecule has 0 aliphatic heterocycles. The molecule has 0 heterocycles. The second-order valence-electron chi connectivity index (χ2n) is 4.73. The molecule has 1 aromatic rings. The van der Waals surface area contributed by atoms with Crippen molar-refractivity contribution >= 4 is 6.29 Å². The van der Waals surface area contributed by atoms with Gasteiger partial charge in [-0.05, 0) is 16.9 Å². The average Bonchev–Trinajstić information content (AvgIpc) is 2.14. The van der Waals surface area contributed by atoms with Crippen LogP contribution in [-0.2, 0) is 4.79 Å². The molecule has 1 atom stereocenters. The van der Waals surface area contributed by atoms with E-state index in [2.05, 4.69) is 32.9 Å². The molecule has 76 valence electrons. The fourth-order valence-corrected chi connectivity index (χ4v) is 1.77. The Labute approximate surface area is 86.1 Å². The monoisotopic (exact) mass is 190 g/mol. The van der Waals surface area contributed by atoms with Crippen LogP contribution in [0.15, 0.2) is 30.3 Å². The van der Waals surface area contributed by atoms with Crippen molar-refractivity contribution in [2.45, 2.75) is 33.1 Å². The van der Waals surface area contributed by atoms with E-state index in [9.17, 15) is 4.79 Å². The highest BCUT2D eigenvalue weighted by molar-refractivity contribution is 5.52. The smallest absolute Gasteiger partial charge is 0.120 e. The lowest BCUT2D eigenvalue weighted by Crippen LogP contribution is -2.18. The van der Waals surface area contributed by atoms with Crippen LogP contribution >= 0.6 is 0 Å². The molecule has 0 saturated carbocycles. The molecule has 0 radical (unpaired) electrons. The molecule has 1 unspecified atom stereocenters. The summed E-state index contributed by atoms with van der Waals surface area (Å²) in [5.74, 6) is 0.321. The fraction of sp³-hybridized carbons (Fsp3) is 0.462. The Kier molecular flexibility index (Phi) is 3.45. The van der Waals surface area contributed by atoms with Crippen LogP contribution in [-0.4, -0.2) is 6.29 Å². The van der Waals surface area contributed by atoms with Gasteiger partial charge >= 0.3 is 0 Å². The van der Waals surface area contributed by atoms with Crippen LogP contribution in [0.4, 0.5) is 0 Å². The highest BCUT2D eigenvalue weighted by Gasteiger charge is 2.25. The van der Waals surface area contributed by atoms with Crippen LogP contribution in [0.25, 0.3) is 0 Å². The van der Waals surface area contributed by atoms with Crippen molar-refractivity contribution in [1.82, 2.24) is 0 Å². The van der Waals surface area contributed by atoms with Gasteiger partial charge < -0.3 is 4.79 Å². The van der Waals surface area contributed by atoms with Gasteiger partial charge in [0, 0.05) is 6.42 Å². The summed E-state index contributed by atoms with van der Waals surface area (Å²) >= 11 is 0. The molecule has 0 aliphatic rings. The van der Waals surface area contributed by atoms with Crippen molar-refractivity contribution < 1.29 is 4.79 Å². The second kappa shape index (κ2) is 4.41. The topological polar surface area (TPSA) is 17.1 Å². The maximum atomic E-state index is 10.6. The van der Waals surface area contributed by atoms with Gasteiger partial charge in [0.1, 0.15) is 6.29 Å². The number of aldehydes is 1. The number of hydrogen-bond acceptors (Lipinski definition) is 1. The Bertz CT molecular complexity index is 282. The summed E-state index contributed by atoms with van der Waals surface area (Å²) in [5, 5.41) is 0. The molecule has 1 nitrogen and oxygen atoms in total. The third kappa shape index (κ3) is 2.69. The molecule has 0 saturated heterocycles. The lowest BCUT2D eigenvalue weighted by atomic mass is 9.75. The molecule has 1 aromatic carbocycles. The van der Waals surface area contributed by atoms with Crippen molar-refractivity contribution in [2.75, 3.05) is 0 Å². The first-order valence-electron chi connectivity index (χ1n) is 5.04. The van der Waals surface area contributed by atoms with Gasteiger partial charge in [-0.15, -0.1) is 0 Å². The Morgan fingerprint density at radius 1 is 1.21 bits per heavy atom. The van der Waals surface area contributed by atoms with Gasteiger partial charge in [0.05, 0.1) is 0 Å². The molecular formula is C13H18O. The first-order valence-corrected chi connectivity index (χ1v) is 5.04. The molecular weight excluding hydrogens is 172 g/mol. The summed E-state index contributed by atoms with van der Waals surface area (Å²) in [7, 11) is 0. The standard InChI is InChI=1S/C13H18O/c1-13(2,3)12(9-10-14)11-7-5-4-6-8-11/h4-8,10,12H,9H2,1-3H3. The summed E-state index contributed by atoms with van der Waals surface area (Å²) in [6, 6.07) is 10.3. The van der Waals surface area contributed by atoms with E-state index in [1.807, 2.05) is 18.2 Å². The Balaban J connectivity index is 2.95. The number of rotatable bonds is 3. The van der Waals surface area contributed by atoms with Gasteiger partial charge in [0.2, 0.25) is 0 Å². The Hall–Kier alpha value is -1.11. The van der Waals surface area contributed by atoms with Crippen molar-refractivity contribution in [1.29, 1.82) is 0 Å². The zero-order valence-corrected chi connectivity index (χ0v) is 9.16. The van der Waals surface area contributed by atoms with Gasteiger partial charge in [-0.25, -0.2) is 0 Å². The van der Waals surface area contributed by atoms with E-state index < -0.39 is 0 Å². The Morgan fingerprint density at radius 3 is 2.21 bits per heavy atom. The van der Waals surface area contributed by atoms with E-state index in [1.54, 1.807) is 0 Å². The van der Waals surface area contributed by atoms with Crippen molar-refractivity contribution in [2.24, 2.45) is 5.41 Å². The third-order valence-corrected chi connectivity index (χ3v) is 2.58. The minimum absolute atomic E-state index is 0.141. The van der Waals surface area contributed by atoms with Crippen molar-refractivity contribution in [3.63, 3.8) is 0 Å². The zero-order valence-electron chi connectivity index (χ0n) is 9.16. The normalized spacial score (nSPS) is 13.6. The van der Waals surface area contributed by atoms with Crippen LogP contribution in [0.1, 0.15) is 38.7 Å². The molecule has 1 rings (SSSR count). The lowest BCUT2D eigenvalue weighted by molar-refractivity contribution is -0.108. The quantitative estimate of drug-likeness (QED) is 0.667. The predicted octanol–water partition coefficient (Wildman–Crippen LogP) is 3.41. The second-order valence-corrected chi connectivity index (χ2v) is 4.73. The summed E-state index contributed by atoms with van der Waals surface area (Å²) < 4.78 is 0. The summed E-state index contributed by atoms with van der Waals surface area (Å²) in [6.07, 6.45) is 1.62. The maximum absolute atomic E-state index is 10.6. The molecule has 0 amide bonds. The minimum atomic E-state index is 0.141. The summed E-state index contributed by atoms with van der Waals surface area (Å²) in [4.78, 5) is 10.6. The summed E-state index contributed by atoms with van der Waals surface area (Å²) in [5.41, 5.74) is 1.40. The minimum Gasteiger partial charge on any atom is -0.303 e. The number of carbonyl (C=O) groups excluding carboxylic acids is 1. The van der Waals surface area contributed by atoms with E-state index in [4.69, 9.17) is 0 Å². The van der Waals surface area contributed by atoms with Crippen LogP contribution in [0.5, 0.6) is 0 Å². The first kappa shape index (κ1) is 11.0. The van der Waals surface area contributed by atoms with E-state index in [1.165, 1.54) is 5.56 Å². The molecule has 14 heavy (non-hydrogen) atoms. The van der Waals surface area contributed by atoms with E-state index in [0.717, 1.165) is 6.29 Å². The molecule has 0 bridgehead atoms. The SMILES string of the molecule is CC(C)(C)C(CC=O)c1ccccc1. The van der Waals surface area contributed by atoms with Crippen LogP contribution in [0, 0.1) is 5.41 Å². The largest absolute Gasteiger partial charge is 0.303 e. The molecule has 0 spiro atoms. The zero-order chi connectivity index (χ0) is 10.6. The summed E-state index contributed by atoms with van der Waals surface area (Å²) in [6.45, 7) is 6.52. The van der Waals surface area contributed by atoms with E-state index >= 15 is 0 Å². The molecule has 1 heteroatoms. The average molecular weight is 190 g/mol. The first-order chi connectivity index (χ1) is 6.55. The highest BCUT2D eigenvalue weighted by Crippen LogP contribution is 2.36. The maximum Gasteiger partial charge on any atom is 0.120 e. The number of benzene rings is 1. The van der Waals surface area contributed by atoms with Gasteiger partial charge in [0.15, 0.2) is 0 Å². The van der Waals surface area contributed by atoms with E-state index in [0.29, 0.717) is 12.3 Å². The van der Waals surface area contributed by atoms with Crippen LogP contribution in [0.2, 0.25) is 0 Å². The molecule has 0 aliphatic carbocycles. The number of hydrogen-bond donors (Lipinski definition) is 0. The van der Waals surface area contributed by atoms with Gasteiger partial charge in [-0.3, -0.25) is 0 Å². The molecule has 0 N–H and O–H groups in total. The van der Waals surface area contributed by atoms with Crippen molar-refractivity contribution in [3.8, 4) is 0 Å². The van der Waals surface area contributed by atoms with Gasteiger partial charge in [-0.2, -0.15) is 0 Å². The van der Waals surface area contributed by atoms with E-state index in [-0.39, 0.29) is 5.41 Å². The molecule has 0 aromatic heterocycles. The van der Waals surface area contributed by atoms with Gasteiger partial charge in [-0.1, -0.05) is 51.1 Å². The van der Waals surface area contributed by atoms with Gasteiger partial charge in [0.25, 0.3) is 0 Å². The Morgan fingerprint density at radius 2 is 1.79 bits per heavy atom. The predicted molar refractivity (Wildman–Crippen MR) is 59.3 cm³/mol.